The summed E-state index contributed by atoms with van der Waals surface area (Å²) in [5, 5.41) is 10.6. The van der Waals surface area contributed by atoms with E-state index in [9.17, 15) is 27.5 Å². The van der Waals surface area contributed by atoms with Gasteiger partial charge in [-0.25, -0.2) is 17.6 Å². The monoisotopic (exact) mass is 633 g/mol. The zero-order valence-corrected chi connectivity index (χ0v) is 27.2. The lowest BCUT2D eigenvalue weighted by Gasteiger charge is -2.41. The van der Waals surface area contributed by atoms with Gasteiger partial charge >= 0.3 is 6.09 Å². The van der Waals surface area contributed by atoms with Gasteiger partial charge in [-0.05, 0) is 85.1 Å². The number of hydrogen-bond donors (Lipinski definition) is 1. The number of carboxylic acid groups (broad SMARTS) is 1. The third-order valence-electron chi connectivity index (χ3n) is 7.76. The van der Waals surface area contributed by atoms with Crippen LogP contribution in [0.25, 0.3) is 0 Å². The largest absolute Gasteiger partial charge is 0.465 e. The van der Waals surface area contributed by atoms with Gasteiger partial charge in [0.05, 0.1) is 22.4 Å². The van der Waals surface area contributed by atoms with E-state index in [0.717, 1.165) is 23.8 Å². The first-order chi connectivity index (χ1) is 19.5. The summed E-state index contributed by atoms with van der Waals surface area (Å²) in [5.74, 6) is -0.712. The van der Waals surface area contributed by atoms with Gasteiger partial charge in [0.15, 0.2) is 14.6 Å². The van der Waals surface area contributed by atoms with Crippen molar-refractivity contribution >= 4 is 42.1 Å². The van der Waals surface area contributed by atoms with E-state index < -0.39 is 42.2 Å². The number of sulfone groups is 1. The molecule has 0 aromatic heterocycles. The van der Waals surface area contributed by atoms with Crippen molar-refractivity contribution in [2.75, 3.05) is 6.54 Å². The molecule has 0 heterocycles. The molecule has 42 heavy (non-hydrogen) atoms. The van der Waals surface area contributed by atoms with Crippen LogP contribution in [0.1, 0.15) is 55.3 Å². The molecule has 0 aliphatic carbocycles. The fraction of sp³-hybridized carbons (Fsp3) is 0.355. The lowest BCUT2D eigenvalue weighted by Crippen LogP contribution is -2.47. The molecule has 0 aliphatic heterocycles. The first kappa shape index (κ1) is 33.4. The highest BCUT2D eigenvalue weighted by molar-refractivity contribution is 7.91. The molecule has 0 fully saturated rings. The van der Waals surface area contributed by atoms with Crippen LogP contribution in [0, 0.1) is 5.82 Å². The molecule has 3 aromatic carbocycles. The second-order valence-electron chi connectivity index (χ2n) is 11.9. The van der Waals surface area contributed by atoms with Crippen molar-refractivity contribution in [1.82, 2.24) is 4.90 Å². The maximum absolute atomic E-state index is 13.5. The molecular formula is C31H37ClFNO6SSi. The van der Waals surface area contributed by atoms with Crippen LogP contribution in [0.2, 0.25) is 23.2 Å². The quantitative estimate of drug-likeness (QED) is 0.131. The van der Waals surface area contributed by atoms with Gasteiger partial charge in [0, 0.05) is 16.6 Å². The molecule has 1 N–H and O–H groups in total. The molecule has 3 rings (SSSR count). The van der Waals surface area contributed by atoms with Gasteiger partial charge in [0.1, 0.15) is 5.82 Å². The third kappa shape index (κ3) is 7.86. The highest BCUT2D eigenvalue weighted by atomic mass is 35.5. The summed E-state index contributed by atoms with van der Waals surface area (Å²) >= 11 is 6.28. The summed E-state index contributed by atoms with van der Waals surface area (Å²) in [5.41, 5.74) is 1.24. The molecule has 11 heteroatoms. The molecular weight excluding hydrogens is 597 g/mol. The minimum absolute atomic E-state index is 0.0625. The molecule has 226 valence electrons. The SMILES string of the molecule is C[C@H](Cc1ccc(S(=O)(=O)c2ccc(F)cc2C=O)cc1)N(C[C@@H](O[Si](C)(C)C(C)(C)C)c1cccc(Cl)c1)C(=O)O. The van der Waals surface area contributed by atoms with Crippen LogP contribution in [0.3, 0.4) is 0 Å². The van der Waals surface area contributed by atoms with Gasteiger partial charge in [0.2, 0.25) is 9.84 Å². The van der Waals surface area contributed by atoms with Crippen molar-refractivity contribution < 1.29 is 31.9 Å². The molecule has 0 saturated carbocycles. The minimum Gasteiger partial charge on any atom is -0.465 e. The fourth-order valence-electron chi connectivity index (χ4n) is 4.31. The molecule has 1 amide bonds. The second-order valence-corrected chi connectivity index (χ2v) is 19.0. The van der Waals surface area contributed by atoms with Crippen molar-refractivity contribution in [3.05, 3.63) is 94.3 Å². The molecule has 0 bridgehead atoms. The van der Waals surface area contributed by atoms with Gasteiger partial charge in [0.25, 0.3) is 0 Å². The Labute approximate surface area is 253 Å². The molecule has 0 radical (unpaired) electrons. The Bertz CT molecular complexity index is 1540. The predicted octanol–water partition coefficient (Wildman–Crippen LogP) is 7.80. The molecule has 0 spiro atoms. The average Bonchev–Trinajstić information content (AvgIpc) is 2.90. The highest BCUT2D eigenvalue weighted by Gasteiger charge is 2.40. The standard InChI is InChI=1S/C31H37ClFNO6SSi/c1-21(16-22-10-13-27(14-11-22)41(38,39)29-15-12-26(33)18-24(29)20-35)34(30(36)37)19-28(23-8-7-9-25(32)17-23)40-42(5,6)31(2,3)4/h7-15,17-18,20-21,28H,16,19H2,1-6H3,(H,36,37)/t21-,28-/m1/s1. The van der Waals surface area contributed by atoms with Crippen LogP contribution in [0.5, 0.6) is 0 Å². The van der Waals surface area contributed by atoms with E-state index in [2.05, 4.69) is 33.9 Å². The van der Waals surface area contributed by atoms with E-state index in [0.29, 0.717) is 23.3 Å². The van der Waals surface area contributed by atoms with Crippen LogP contribution in [0.4, 0.5) is 9.18 Å². The second kappa shape index (κ2) is 13.1. The van der Waals surface area contributed by atoms with Crippen LogP contribution >= 0.6 is 11.6 Å². The number of carbonyl (C=O) groups excluding carboxylic acids is 1. The van der Waals surface area contributed by atoms with Gasteiger partial charge in [-0.2, -0.15) is 0 Å². The number of nitrogens with zero attached hydrogens (tertiary/aromatic N) is 1. The summed E-state index contributed by atoms with van der Waals surface area (Å²) in [6, 6.07) is 15.7. The van der Waals surface area contributed by atoms with Crippen LogP contribution < -0.4 is 0 Å². The van der Waals surface area contributed by atoms with Crippen molar-refractivity contribution in [2.45, 2.75) is 74.2 Å². The van der Waals surface area contributed by atoms with Gasteiger partial charge in [-0.3, -0.25) is 4.79 Å². The van der Waals surface area contributed by atoms with Crippen molar-refractivity contribution in [2.24, 2.45) is 0 Å². The summed E-state index contributed by atoms with van der Waals surface area (Å²) in [6.07, 6.45) is -1.04. The lowest BCUT2D eigenvalue weighted by atomic mass is 10.0. The summed E-state index contributed by atoms with van der Waals surface area (Å²) in [7, 11) is -6.38. The molecule has 2 atom stereocenters. The molecule has 3 aromatic rings. The number of rotatable bonds is 11. The number of aldehydes is 1. The Morgan fingerprint density at radius 2 is 1.74 bits per heavy atom. The topological polar surface area (TPSA) is 101 Å². The average molecular weight is 634 g/mol. The maximum Gasteiger partial charge on any atom is 0.407 e. The smallest absolute Gasteiger partial charge is 0.407 e. The molecule has 7 nitrogen and oxygen atoms in total. The number of hydrogen-bond acceptors (Lipinski definition) is 5. The Kier molecular flexibility index (Phi) is 10.4. The van der Waals surface area contributed by atoms with Gasteiger partial charge in [-0.1, -0.05) is 56.6 Å². The number of halogens is 2. The first-order valence-corrected chi connectivity index (χ1v) is 18.2. The number of benzene rings is 3. The van der Waals surface area contributed by atoms with Gasteiger partial charge in [-0.15, -0.1) is 0 Å². The summed E-state index contributed by atoms with van der Waals surface area (Å²) < 4.78 is 46.5. The van der Waals surface area contributed by atoms with Crippen LogP contribution in [-0.4, -0.2) is 51.7 Å². The normalized spacial score (nSPS) is 13.8. The Hall–Kier alpha value is -3.05. The highest BCUT2D eigenvalue weighted by Crippen LogP contribution is 2.40. The zero-order chi connectivity index (χ0) is 31.5. The Morgan fingerprint density at radius 3 is 2.29 bits per heavy atom. The Balaban J connectivity index is 1.86. The van der Waals surface area contributed by atoms with E-state index >= 15 is 0 Å². The summed E-state index contributed by atoms with van der Waals surface area (Å²) in [4.78, 5) is 24.8. The lowest BCUT2D eigenvalue weighted by molar-refractivity contribution is 0.0843. The molecule has 0 saturated heterocycles. The van der Waals surface area contributed by atoms with Crippen molar-refractivity contribution in [3.8, 4) is 0 Å². The fourth-order valence-corrected chi connectivity index (χ4v) is 7.20. The number of amides is 1. The van der Waals surface area contributed by atoms with Crippen LogP contribution in [-0.2, 0) is 20.7 Å². The van der Waals surface area contributed by atoms with Gasteiger partial charge < -0.3 is 14.4 Å². The van der Waals surface area contributed by atoms with Crippen molar-refractivity contribution in [3.63, 3.8) is 0 Å². The zero-order valence-electron chi connectivity index (χ0n) is 24.6. The van der Waals surface area contributed by atoms with E-state index in [1.165, 1.54) is 17.0 Å². The van der Waals surface area contributed by atoms with E-state index in [1.807, 2.05) is 12.1 Å². The number of carbonyl (C=O) groups is 2. The van der Waals surface area contributed by atoms with Crippen molar-refractivity contribution in [1.29, 1.82) is 0 Å². The van der Waals surface area contributed by atoms with E-state index in [4.69, 9.17) is 16.0 Å². The maximum atomic E-state index is 13.5. The molecule has 0 aliphatic rings. The first-order valence-electron chi connectivity index (χ1n) is 13.5. The van der Waals surface area contributed by atoms with Crippen LogP contribution in [0.15, 0.2) is 76.5 Å². The Morgan fingerprint density at radius 1 is 1.10 bits per heavy atom. The van der Waals surface area contributed by atoms with E-state index in [1.54, 1.807) is 31.2 Å². The minimum atomic E-state index is -4.08. The molecule has 0 unspecified atom stereocenters. The third-order valence-corrected chi connectivity index (χ3v) is 14.3. The van der Waals surface area contributed by atoms with E-state index in [-0.39, 0.29) is 26.9 Å². The summed E-state index contributed by atoms with van der Waals surface area (Å²) in [6.45, 7) is 12.4. The predicted molar refractivity (Wildman–Crippen MR) is 164 cm³/mol.